The minimum Gasteiger partial charge on any atom is -0.304 e. The van der Waals surface area contributed by atoms with Crippen LogP contribution in [0.25, 0.3) is 0 Å². The Hall–Kier alpha value is -0.410. The zero-order valence-corrected chi connectivity index (χ0v) is 13.8. The summed E-state index contributed by atoms with van der Waals surface area (Å²) in [6.45, 7) is 4.34. The first kappa shape index (κ1) is 16.0. The predicted molar refractivity (Wildman–Crippen MR) is 83.9 cm³/mol. The molecule has 0 spiro atoms. The van der Waals surface area contributed by atoms with Gasteiger partial charge in [-0.25, -0.2) is 0 Å². The fourth-order valence-electron chi connectivity index (χ4n) is 4.42. The highest BCUT2D eigenvalue weighted by atomic mass is 16.1. The van der Waals surface area contributed by atoms with Gasteiger partial charge in [0.1, 0.15) is 6.29 Å². The molecule has 2 unspecified atom stereocenters. The second kappa shape index (κ2) is 6.15. The molecule has 3 nitrogen and oxygen atoms in total. The smallest absolute Gasteiger partial charge is 0.127 e. The molecule has 0 amide bonds. The number of likely N-dealkylation sites (N-methyl/N-ethyl adjacent to an activating group) is 2. The number of carbonyl (C=O) groups is 1. The van der Waals surface area contributed by atoms with E-state index in [4.69, 9.17) is 0 Å². The van der Waals surface area contributed by atoms with Crippen molar-refractivity contribution in [3.05, 3.63) is 0 Å². The SMILES string of the molecule is CC1CCCC(C=O)(CN(C)CC2(N(C)C)CCC2)C1. The fraction of sp³-hybridized carbons (Fsp3) is 0.941. The molecule has 0 radical (unpaired) electrons. The Morgan fingerprint density at radius 3 is 2.25 bits per heavy atom. The third kappa shape index (κ3) is 3.25. The second-order valence-corrected chi connectivity index (χ2v) is 7.83. The van der Waals surface area contributed by atoms with Crippen LogP contribution in [0.4, 0.5) is 0 Å². The number of nitrogens with zero attached hydrogens (tertiary/aromatic N) is 2. The molecule has 0 N–H and O–H groups in total. The number of rotatable bonds is 6. The van der Waals surface area contributed by atoms with Crippen molar-refractivity contribution in [2.75, 3.05) is 34.2 Å². The highest BCUT2D eigenvalue weighted by molar-refractivity contribution is 5.60. The van der Waals surface area contributed by atoms with Gasteiger partial charge >= 0.3 is 0 Å². The van der Waals surface area contributed by atoms with Crippen LogP contribution < -0.4 is 0 Å². The topological polar surface area (TPSA) is 23.6 Å². The van der Waals surface area contributed by atoms with Crippen LogP contribution in [-0.2, 0) is 4.79 Å². The lowest BCUT2D eigenvalue weighted by Crippen LogP contribution is -2.57. The molecule has 0 aromatic rings. The van der Waals surface area contributed by atoms with E-state index in [0.717, 1.165) is 25.9 Å². The molecule has 2 atom stereocenters. The molecule has 2 saturated carbocycles. The molecule has 3 heteroatoms. The minimum atomic E-state index is -0.0797. The molecule has 2 rings (SSSR count). The van der Waals surface area contributed by atoms with Crippen LogP contribution in [0.15, 0.2) is 0 Å². The van der Waals surface area contributed by atoms with Crippen molar-refractivity contribution in [3.8, 4) is 0 Å². The first-order valence-electron chi connectivity index (χ1n) is 8.24. The summed E-state index contributed by atoms with van der Waals surface area (Å²) in [5.74, 6) is 0.703. The Balaban J connectivity index is 1.95. The van der Waals surface area contributed by atoms with E-state index in [0.29, 0.717) is 11.5 Å². The molecular weight excluding hydrogens is 248 g/mol. The average Bonchev–Trinajstić information content (AvgIpc) is 2.33. The third-order valence-corrected chi connectivity index (χ3v) is 5.76. The first-order valence-corrected chi connectivity index (χ1v) is 8.24. The number of aldehydes is 1. The molecule has 0 heterocycles. The molecule has 2 aliphatic rings. The zero-order valence-electron chi connectivity index (χ0n) is 13.8. The maximum absolute atomic E-state index is 11.7. The van der Waals surface area contributed by atoms with Crippen molar-refractivity contribution in [1.29, 1.82) is 0 Å². The fourth-order valence-corrected chi connectivity index (χ4v) is 4.42. The molecule has 2 fully saturated rings. The van der Waals surface area contributed by atoms with Crippen molar-refractivity contribution in [2.24, 2.45) is 11.3 Å². The van der Waals surface area contributed by atoms with Crippen LogP contribution in [0.1, 0.15) is 51.9 Å². The maximum Gasteiger partial charge on any atom is 0.127 e. The summed E-state index contributed by atoms with van der Waals surface area (Å²) in [4.78, 5) is 16.5. The Kier molecular flexibility index (Phi) is 4.91. The molecule has 0 saturated heterocycles. The van der Waals surface area contributed by atoms with E-state index in [2.05, 4.69) is 37.9 Å². The molecule has 0 aliphatic heterocycles. The van der Waals surface area contributed by atoms with Crippen LogP contribution in [-0.4, -0.2) is 55.9 Å². The van der Waals surface area contributed by atoms with Crippen LogP contribution in [0.3, 0.4) is 0 Å². The highest BCUT2D eigenvalue weighted by Crippen LogP contribution is 2.40. The first-order chi connectivity index (χ1) is 9.41. The lowest BCUT2D eigenvalue weighted by atomic mass is 9.70. The number of carbonyl (C=O) groups excluding carboxylic acids is 1. The Morgan fingerprint density at radius 1 is 1.10 bits per heavy atom. The standard InChI is InChI=1S/C17H32N2O/c1-15-7-5-8-16(11-15,14-20)12-19(4)13-17(18(2)3)9-6-10-17/h14-15H,5-13H2,1-4H3. The predicted octanol–water partition coefficient (Wildman–Crippen LogP) is 2.80. The van der Waals surface area contributed by atoms with Gasteiger partial charge in [0, 0.05) is 24.0 Å². The molecule has 0 aromatic carbocycles. The lowest BCUT2D eigenvalue weighted by molar-refractivity contribution is -0.120. The summed E-state index contributed by atoms with van der Waals surface area (Å²) >= 11 is 0. The van der Waals surface area contributed by atoms with E-state index in [1.165, 1.54) is 38.4 Å². The van der Waals surface area contributed by atoms with Gasteiger partial charge in [-0.2, -0.15) is 0 Å². The van der Waals surface area contributed by atoms with Crippen molar-refractivity contribution in [2.45, 2.75) is 57.4 Å². The summed E-state index contributed by atoms with van der Waals surface area (Å²) in [5.41, 5.74) is 0.281. The summed E-state index contributed by atoms with van der Waals surface area (Å²) in [5, 5.41) is 0. The molecule has 0 aromatic heterocycles. The molecule has 116 valence electrons. The van der Waals surface area contributed by atoms with Crippen LogP contribution in [0, 0.1) is 11.3 Å². The van der Waals surface area contributed by atoms with Gasteiger partial charge in [-0.1, -0.05) is 19.8 Å². The highest BCUT2D eigenvalue weighted by Gasteiger charge is 2.42. The summed E-state index contributed by atoms with van der Waals surface area (Å²) in [6, 6.07) is 0. The molecular formula is C17H32N2O. The van der Waals surface area contributed by atoms with Crippen LogP contribution in [0.5, 0.6) is 0 Å². The minimum absolute atomic E-state index is 0.0797. The van der Waals surface area contributed by atoms with E-state index >= 15 is 0 Å². The normalized spacial score (nSPS) is 33.2. The molecule has 2 aliphatic carbocycles. The van der Waals surface area contributed by atoms with Gasteiger partial charge in [0.2, 0.25) is 0 Å². The van der Waals surface area contributed by atoms with Crippen molar-refractivity contribution < 1.29 is 4.79 Å². The van der Waals surface area contributed by atoms with Gasteiger partial charge in [0.05, 0.1) is 0 Å². The van der Waals surface area contributed by atoms with E-state index in [-0.39, 0.29) is 5.41 Å². The van der Waals surface area contributed by atoms with Gasteiger partial charge < -0.3 is 14.6 Å². The van der Waals surface area contributed by atoms with E-state index in [1.807, 2.05) is 0 Å². The van der Waals surface area contributed by atoms with Gasteiger partial charge in [-0.05, 0) is 59.2 Å². The maximum atomic E-state index is 11.7. The van der Waals surface area contributed by atoms with E-state index < -0.39 is 0 Å². The second-order valence-electron chi connectivity index (χ2n) is 7.83. The largest absolute Gasteiger partial charge is 0.304 e. The number of hydrogen-bond donors (Lipinski definition) is 0. The Morgan fingerprint density at radius 2 is 1.80 bits per heavy atom. The van der Waals surface area contributed by atoms with Crippen molar-refractivity contribution >= 4 is 6.29 Å². The quantitative estimate of drug-likeness (QED) is 0.699. The van der Waals surface area contributed by atoms with Gasteiger partial charge in [-0.15, -0.1) is 0 Å². The van der Waals surface area contributed by atoms with Crippen LogP contribution >= 0.6 is 0 Å². The van der Waals surface area contributed by atoms with Gasteiger partial charge in [0.15, 0.2) is 0 Å². The Labute approximate surface area is 124 Å². The van der Waals surface area contributed by atoms with Gasteiger partial charge in [-0.3, -0.25) is 0 Å². The molecule has 20 heavy (non-hydrogen) atoms. The van der Waals surface area contributed by atoms with E-state index in [1.54, 1.807) is 0 Å². The lowest BCUT2D eigenvalue weighted by Gasteiger charge is -2.50. The molecule has 0 bridgehead atoms. The number of hydrogen-bond acceptors (Lipinski definition) is 3. The van der Waals surface area contributed by atoms with Gasteiger partial charge in [0.25, 0.3) is 0 Å². The van der Waals surface area contributed by atoms with Crippen molar-refractivity contribution in [1.82, 2.24) is 9.80 Å². The zero-order chi connectivity index (χ0) is 14.8. The third-order valence-electron chi connectivity index (χ3n) is 5.76. The van der Waals surface area contributed by atoms with Crippen molar-refractivity contribution in [3.63, 3.8) is 0 Å². The monoisotopic (exact) mass is 280 g/mol. The summed E-state index contributed by atoms with van der Waals surface area (Å²) in [7, 11) is 6.60. The summed E-state index contributed by atoms with van der Waals surface area (Å²) in [6.07, 6.45) is 9.89. The average molecular weight is 280 g/mol. The Bertz CT molecular complexity index is 338. The summed E-state index contributed by atoms with van der Waals surface area (Å²) < 4.78 is 0. The van der Waals surface area contributed by atoms with Crippen LogP contribution in [0.2, 0.25) is 0 Å². The van der Waals surface area contributed by atoms with E-state index in [9.17, 15) is 4.79 Å².